The number of phosphoric ester groups is 4. The van der Waals surface area contributed by atoms with Gasteiger partial charge >= 0.3 is 31.3 Å². The van der Waals surface area contributed by atoms with Crippen molar-refractivity contribution in [3.05, 3.63) is 35.7 Å². The molecule has 1 aliphatic heterocycles. The molecule has 3 aromatic rings. The Bertz CT molecular complexity index is 2480. The minimum absolute atomic E-state index is 0.00990. The van der Waals surface area contributed by atoms with Gasteiger partial charge in [-0.15, -0.1) is 0 Å². The molecule has 0 radical (unpaired) electrons. The van der Waals surface area contributed by atoms with Crippen LogP contribution in [-0.4, -0.2) is 149 Å². The number of anilines is 1. The number of nitrogen functional groups attached to an aromatic ring is 1. The highest BCUT2D eigenvalue weighted by molar-refractivity contribution is 8.13. The highest BCUT2D eigenvalue weighted by Crippen LogP contribution is 2.61. The summed E-state index contributed by atoms with van der Waals surface area (Å²) < 4.78 is 77.9. The number of aromatic hydroxyl groups is 1. The Kier molecular flexibility index (Phi) is 19.9. The second-order valence-electron chi connectivity index (χ2n) is 15.3. The molecule has 0 bridgehead atoms. The highest BCUT2D eigenvalue weighted by Gasteiger charge is 2.50. The van der Waals surface area contributed by atoms with Gasteiger partial charge in [0.15, 0.2) is 17.7 Å². The molecule has 1 saturated heterocycles. The first-order valence-corrected chi connectivity index (χ1v) is 26.6. The van der Waals surface area contributed by atoms with Crippen molar-refractivity contribution in [3.63, 3.8) is 0 Å². The molecule has 2 amide bonds. The van der Waals surface area contributed by atoms with Gasteiger partial charge in [-0.2, -0.15) is 4.31 Å². The van der Waals surface area contributed by atoms with Crippen LogP contribution in [0.1, 0.15) is 50.2 Å². The number of phosphoric acid groups is 4. The van der Waals surface area contributed by atoms with Crippen LogP contribution in [0, 0.1) is 12.3 Å². The number of thioether (sulfide) groups is 1. The van der Waals surface area contributed by atoms with Crippen LogP contribution in [0.15, 0.2) is 18.9 Å². The third-order valence-corrected chi connectivity index (χ3v) is 14.1. The lowest BCUT2D eigenvalue weighted by Gasteiger charge is -2.30. The van der Waals surface area contributed by atoms with E-state index < -0.39 is 105 Å². The van der Waals surface area contributed by atoms with Crippen LogP contribution in [0.25, 0.3) is 11.2 Å². The van der Waals surface area contributed by atoms with Crippen molar-refractivity contribution in [2.24, 2.45) is 5.41 Å². The molecular formula is C32H51N9O22P4S. The number of carbonyl (C=O) groups excluding carboxylic acids is 3. The van der Waals surface area contributed by atoms with E-state index >= 15 is 0 Å². The van der Waals surface area contributed by atoms with Crippen LogP contribution in [0.5, 0.6) is 5.75 Å². The normalized spacial score (nSPS) is 20.6. The van der Waals surface area contributed by atoms with Gasteiger partial charge in [0, 0.05) is 54.5 Å². The molecule has 14 N–H and O–H groups in total. The number of aromatic nitrogens is 5. The average molecular weight is 1070 g/mol. The number of aliphatic hydroxyl groups is 2. The largest absolute Gasteiger partial charge is 0.506 e. The molecule has 4 rings (SSSR count). The van der Waals surface area contributed by atoms with E-state index in [2.05, 4.69) is 49.2 Å². The summed E-state index contributed by atoms with van der Waals surface area (Å²) in [6, 6.07) is -0.767. The fraction of sp³-hybridized carbons (Fsp3) is 0.594. The van der Waals surface area contributed by atoms with Crippen molar-refractivity contribution in [2.75, 3.05) is 37.8 Å². The number of aryl methyl sites for hydroxylation is 1. The van der Waals surface area contributed by atoms with E-state index in [0.29, 0.717) is 0 Å². The third-order valence-electron chi connectivity index (χ3n) is 9.50. The standard InChI is InChI=1S/C32H51N9O22P4S/c1-16-23(43)19(18(9-36-16)11-58-64(48,49)50)10-37-17(2)31(47)68-8-7-34-21(42)5-6-35-29(46)26(45)32(3,4)13-60-67(56,57)63-66(54,55)59-12-20-25(62-65(51,52)53)24(44)30(61-20)41-15-40-22-27(33)38-14-39-28(22)41/h9,14-15,17,20,24-26,30,37,43-45H,5-8,10-13H2,1-4H3,(H,34,42)(H,35,46)(H,54,55)(H,56,57)(H2,33,38,39)(H2,48,49,50)(H2,51,52,53). The van der Waals surface area contributed by atoms with E-state index in [1.165, 1.54) is 27.0 Å². The van der Waals surface area contributed by atoms with E-state index in [9.17, 15) is 67.5 Å². The van der Waals surface area contributed by atoms with Crippen molar-refractivity contribution >= 4 is 77.0 Å². The molecule has 31 nitrogen and oxygen atoms in total. The van der Waals surface area contributed by atoms with Crippen molar-refractivity contribution in [1.82, 2.24) is 40.5 Å². The van der Waals surface area contributed by atoms with E-state index in [4.69, 9.17) is 29.3 Å². The minimum atomic E-state index is -5.62. The Balaban J connectivity index is 1.18. The summed E-state index contributed by atoms with van der Waals surface area (Å²) in [6.45, 7) is 2.49. The predicted molar refractivity (Wildman–Crippen MR) is 231 cm³/mol. The first kappa shape index (κ1) is 57.2. The molecule has 0 saturated carbocycles. The first-order chi connectivity index (χ1) is 31.4. The second-order valence-corrected chi connectivity index (χ2v) is 21.9. The van der Waals surface area contributed by atoms with Crippen molar-refractivity contribution < 1.29 is 104 Å². The smallest absolute Gasteiger partial charge is 0.481 e. The first-order valence-electron chi connectivity index (χ1n) is 19.6. The van der Waals surface area contributed by atoms with Crippen LogP contribution in [0.2, 0.25) is 0 Å². The number of hydrogen-bond donors (Lipinski definition) is 13. The number of imidazole rings is 1. The molecule has 382 valence electrons. The summed E-state index contributed by atoms with van der Waals surface area (Å²) >= 11 is 0.874. The molecule has 68 heavy (non-hydrogen) atoms. The number of nitrogens with two attached hydrogens (primary N) is 1. The Labute approximate surface area is 389 Å². The van der Waals surface area contributed by atoms with Gasteiger partial charge in [-0.1, -0.05) is 25.6 Å². The summed E-state index contributed by atoms with van der Waals surface area (Å²) in [5, 5.41) is 39.4. The number of pyridine rings is 1. The number of aliphatic hydroxyl groups excluding tert-OH is 2. The molecule has 3 aromatic heterocycles. The molecule has 1 aliphatic rings. The number of nitrogens with zero attached hydrogens (tertiary/aromatic N) is 5. The summed E-state index contributed by atoms with van der Waals surface area (Å²) in [5.41, 5.74) is 4.80. The zero-order chi connectivity index (χ0) is 51.0. The third kappa shape index (κ3) is 16.9. The number of ether oxygens (including phenoxy) is 1. The van der Waals surface area contributed by atoms with Gasteiger partial charge in [0.2, 0.25) is 16.9 Å². The topological polar surface area (TPSA) is 476 Å². The molecule has 0 aromatic carbocycles. The van der Waals surface area contributed by atoms with Gasteiger partial charge in [-0.3, -0.25) is 42.0 Å². The molecule has 1 fully saturated rings. The summed E-state index contributed by atoms with van der Waals surface area (Å²) in [6.07, 6.45) is -5.96. The molecule has 8 unspecified atom stereocenters. The fourth-order valence-corrected chi connectivity index (χ4v) is 9.78. The van der Waals surface area contributed by atoms with Gasteiger partial charge in [0.1, 0.15) is 42.0 Å². The lowest BCUT2D eigenvalue weighted by Crippen LogP contribution is -2.46. The quantitative estimate of drug-likeness (QED) is 0.0334. The van der Waals surface area contributed by atoms with Gasteiger partial charge in [0.25, 0.3) is 0 Å². The Hall–Kier alpha value is -3.42. The van der Waals surface area contributed by atoms with Crippen molar-refractivity contribution in [1.29, 1.82) is 0 Å². The number of hydrogen-bond acceptors (Lipinski definition) is 23. The average Bonchev–Trinajstić information content (AvgIpc) is 3.79. The van der Waals surface area contributed by atoms with E-state index in [-0.39, 0.29) is 76.5 Å². The maximum Gasteiger partial charge on any atom is 0.481 e. The minimum Gasteiger partial charge on any atom is -0.506 e. The van der Waals surface area contributed by atoms with Crippen LogP contribution >= 0.6 is 43.1 Å². The Morgan fingerprint density at radius 3 is 2.31 bits per heavy atom. The van der Waals surface area contributed by atoms with Crippen molar-refractivity contribution in [2.45, 2.75) is 84.0 Å². The second kappa shape index (κ2) is 23.7. The summed E-state index contributed by atoms with van der Waals surface area (Å²) in [5.74, 6) is -1.76. The van der Waals surface area contributed by atoms with Gasteiger partial charge in [-0.25, -0.2) is 33.2 Å². The molecule has 0 spiro atoms. The molecule has 8 atom stereocenters. The van der Waals surface area contributed by atoms with Crippen molar-refractivity contribution in [3.8, 4) is 5.75 Å². The lowest BCUT2D eigenvalue weighted by molar-refractivity contribution is -0.137. The summed E-state index contributed by atoms with van der Waals surface area (Å²) in [7, 11) is -21.4. The fourth-order valence-electron chi connectivity index (χ4n) is 5.90. The van der Waals surface area contributed by atoms with E-state index in [1.807, 2.05) is 0 Å². The number of nitrogens with one attached hydrogen (secondary N) is 3. The van der Waals surface area contributed by atoms with Gasteiger partial charge in [0.05, 0.1) is 37.9 Å². The van der Waals surface area contributed by atoms with E-state index in [0.717, 1.165) is 29.0 Å². The molecule has 4 heterocycles. The number of fused-ring (bicyclic) bond motifs is 1. The summed E-state index contributed by atoms with van der Waals surface area (Å²) in [4.78, 5) is 111. The van der Waals surface area contributed by atoms with E-state index in [1.54, 1.807) is 6.92 Å². The SMILES string of the molecule is Cc1ncc(COP(=O)(O)O)c(CNC(C)C(=O)SCCNC(=O)CCNC(=O)C(O)C(C)(C)COP(=O)(O)OP(=O)(O)OCC2OC(n3cnc4c(N)ncnc43)C(O)C2OP(=O)(O)O)c1O. The number of amides is 2. The molecule has 0 aliphatic carbocycles. The maximum atomic E-state index is 12.7. The predicted octanol–water partition coefficient (Wildman–Crippen LogP) is -1.14. The number of carbonyl (C=O) groups is 3. The van der Waals surface area contributed by atoms with Crippen LogP contribution in [-0.2, 0) is 72.9 Å². The van der Waals surface area contributed by atoms with Gasteiger partial charge in [-0.05, 0) is 13.8 Å². The zero-order valence-electron chi connectivity index (χ0n) is 36.2. The van der Waals surface area contributed by atoms with Crippen LogP contribution in [0.3, 0.4) is 0 Å². The Morgan fingerprint density at radius 1 is 0.971 bits per heavy atom. The number of rotatable bonds is 26. The monoisotopic (exact) mass is 1070 g/mol. The lowest BCUT2D eigenvalue weighted by atomic mass is 9.87. The maximum absolute atomic E-state index is 12.7. The Morgan fingerprint density at radius 2 is 1.65 bits per heavy atom. The highest BCUT2D eigenvalue weighted by atomic mass is 32.2. The zero-order valence-corrected chi connectivity index (χ0v) is 40.6. The molecule has 36 heteroatoms. The molecular weight excluding hydrogens is 1020 g/mol. The van der Waals surface area contributed by atoms with Crippen LogP contribution in [0.4, 0.5) is 5.82 Å². The van der Waals surface area contributed by atoms with Gasteiger partial charge < -0.3 is 71.1 Å². The van der Waals surface area contributed by atoms with Crippen LogP contribution < -0.4 is 21.7 Å².